The van der Waals surface area contributed by atoms with Crippen molar-refractivity contribution < 1.29 is 9.32 Å². The molecule has 0 aliphatic rings. The molecule has 0 aromatic carbocycles. The summed E-state index contributed by atoms with van der Waals surface area (Å²) in [7, 11) is 1.69. The minimum atomic E-state index is 0. The normalized spacial score (nSPS) is 12.5. The van der Waals surface area contributed by atoms with Crippen molar-refractivity contribution in [1.29, 1.82) is 0 Å². The number of aliphatic imine (C=N–C) groups is 1. The first kappa shape index (κ1) is 22.7. The highest BCUT2D eigenvalue weighted by molar-refractivity contribution is 14.0. The van der Waals surface area contributed by atoms with Crippen molar-refractivity contribution >= 4 is 35.8 Å². The van der Waals surface area contributed by atoms with Crippen LogP contribution in [0.2, 0.25) is 0 Å². The van der Waals surface area contributed by atoms with Gasteiger partial charge in [0.2, 0.25) is 5.91 Å². The fourth-order valence-corrected chi connectivity index (χ4v) is 1.82. The second-order valence-corrected chi connectivity index (χ2v) is 5.85. The second-order valence-electron chi connectivity index (χ2n) is 5.85. The van der Waals surface area contributed by atoms with E-state index in [1.54, 1.807) is 7.05 Å². The van der Waals surface area contributed by atoms with Gasteiger partial charge in [0, 0.05) is 32.1 Å². The van der Waals surface area contributed by atoms with E-state index >= 15 is 0 Å². The van der Waals surface area contributed by atoms with Gasteiger partial charge in [0.15, 0.2) is 11.7 Å². The number of carbonyl (C=O) groups is 1. The molecule has 0 saturated heterocycles. The number of guanidine groups is 1. The van der Waals surface area contributed by atoms with E-state index in [9.17, 15) is 4.79 Å². The number of nitrogens with one attached hydrogen (secondary N) is 3. The predicted molar refractivity (Wildman–Crippen MR) is 107 cm³/mol. The third-order valence-corrected chi connectivity index (χ3v) is 3.49. The maximum Gasteiger partial charge on any atom is 0.221 e. The zero-order chi connectivity index (χ0) is 17.2. The van der Waals surface area contributed by atoms with Gasteiger partial charge in [0.05, 0.1) is 12.2 Å². The fraction of sp³-hybridized carbons (Fsp3) is 0.688. The van der Waals surface area contributed by atoms with Crippen LogP contribution in [0.15, 0.2) is 15.6 Å². The lowest BCUT2D eigenvalue weighted by molar-refractivity contribution is -0.121. The van der Waals surface area contributed by atoms with Crippen molar-refractivity contribution in [2.24, 2.45) is 4.99 Å². The molecule has 0 bridgehead atoms. The molecule has 0 aliphatic carbocycles. The average Bonchev–Trinajstić information content (AvgIpc) is 2.99. The quantitative estimate of drug-likeness (QED) is 0.321. The van der Waals surface area contributed by atoms with E-state index in [-0.39, 0.29) is 35.9 Å². The lowest BCUT2D eigenvalue weighted by Crippen LogP contribution is -2.40. The molecule has 1 rings (SSSR count). The first-order chi connectivity index (χ1) is 11.0. The van der Waals surface area contributed by atoms with Crippen LogP contribution in [-0.2, 0) is 11.3 Å². The van der Waals surface area contributed by atoms with E-state index in [0.29, 0.717) is 31.4 Å². The van der Waals surface area contributed by atoms with E-state index in [1.165, 1.54) is 0 Å². The Labute approximate surface area is 161 Å². The molecule has 3 N–H and O–H groups in total. The smallest absolute Gasteiger partial charge is 0.221 e. The Morgan fingerprint density at radius 2 is 2.04 bits per heavy atom. The van der Waals surface area contributed by atoms with Gasteiger partial charge < -0.3 is 20.5 Å². The van der Waals surface area contributed by atoms with Crippen LogP contribution in [-0.4, -0.2) is 36.7 Å². The van der Waals surface area contributed by atoms with Crippen LogP contribution in [0.5, 0.6) is 0 Å². The molecule has 24 heavy (non-hydrogen) atoms. The molecule has 0 fully saturated rings. The van der Waals surface area contributed by atoms with Crippen molar-refractivity contribution in [1.82, 2.24) is 21.1 Å². The third-order valence-electron chi connectivity index (χ3n) is 3.49. The summed E-state index contributed by atoms with van der Waals surface area (Å²) in [6.45, 7) is 9.20. The molecule has 0 saturated carbocycles. The standard InChI is InChI=1S/C16H29N5O2.HI/c1-6-12(4)20-15(22)7-8-18-16(17-5)19-10-13-9-14(11(2)3)21-23-13;/h9,11-12H,6-8,10H2,1-5H3,(H,20,22)(H2,17,18,19);1H. The van der Waals surface area contributed by atoms with E-state index in [1.807, 2.05) is 19.9 Å². The number of aromatic nitrogens is 1. The molecule has 0 spiro atoms. The largest absolute Gasteiger partial charge is 0.359 e. The summed E-state index contributed by atoms with van der Waals surface area (Å²) in [5, 5.41) is 13.2. The summed E-state index contributed by atoms with van der Waals surface area (Å²) in [6, 6.07) is 2.14. The number of halogens is 1. The number of hydrogen-bond donors (Lipinski definition) is 3. The van der Waals surface area contributed by atoms with Crippen molar-refractivity contribution in [2.45, 2.75) is 59.0 Å². The van der Waals surface area contributed by atoms with Gasteiger partial charge in [-0.1, -0.05) is 25.9 Å². The molecule has 0 radical (unpaired) electrons. The molecule has 1 aromatic rings. The molecule has 1 aromatic heterocycles. The fourth-order valence-electron chi connectivity index (χ4n) is 1.82. The minimum absolute atomic E-state index is 0. The first-order valence-corrected chi connectivity index (χ1v) is 8.15. The highest BCUT2D eigenvalue weighted by Gasteiger charge is 2.09. The molecule has 1 unspecified atom stereocenters. The van der Waals surface area contributed by atoms with Crippen LogP contribution in [0.3, 0.4) is 0 Å². The Kier molecular flexibility index (Phi) is 11.4. The van der Waals surface area contributed by atoms with Crippen molar-refractivity contribution in [2.75, 3.05) is 13.6 Å². The Bertz CT molecular complexity index is 516. The minimum Gasteiger partial charge on any atom is -0.359 e. The van der Waals surface area contributed by atoms with Crippen molar-refractivity contribution in [3.63, 3.8) is 0 Å². The van der Waals surface area contributed by atoms with Crippen molar-refractivity contribution in [3.05, 3.63) is 17.5 Å². The topological polar surface area (TPSA) is 91.5 Å². The van der Waals surface area contributed by atoms with Crippen LogP contribution in [0.1, 0.15) is 57.9 Å². The predicted octanol–water partition coefficient (Wildman–Crippen LogP) is 2.39. The summed E-state index contributed by atoms with van der Waals surface area (Å²) >= 11 is 0. The van der Waals surface area contributed by atoms with E-state index in [4.69, 9.17) is 4.52 Å². The summed E-state index contributed by atoms with van der Waals surface area (Å²) < 4.78 is 5.26. The Morgan fingerprint density at radius 1 is 1.33 bits per heavy atom. The maximum absolute atomic E-state index is 11.7. The van der Waals surface area contributed by atoms with Gasteiger partial charge in [-0.3, -0.25) is 9.79 Å². The highest BCUT2D eigenvalue weighted by atomic mass is 127. The Morgan fingerprint density at radius 3 is 2.58 bits per heavy atom. The van der Waals surface area contributed by atoms with Gasteiger partial charge >= 0.3 is 0 Å². The lowest BCUT2D eigenvalue weighted by Gasteiger charge is -2.13. The second kappa shape index (κ2) is 12.1. The van der Waals surface area contributed by atoms with Gasteiger partial charge in [-0.05, 0) is 19.3 Å². The molecule has 7 nitrogen and oxygen atoms in total. The van der Waals surface area contributed by atoms with Gasteiger partial charge in [-0.25, -0.2) is 0 Å². The number of carbonyl (C=O) groups excluding carboxylic acids is 1. The zero-order valence-corrected chi connectivity index (χ0v) is 17.5. The molecule has 1 amide bonds. The lowest BCUT2D eigenvalue weighted by atomic mass is 10.1. The first-order valence-electron chi connectivity index (χ1n) is 8.15. The molecule has 0 aliphatic heterocycles. The van der Waals surface area contributed by atoms with Crippen LogP contribution in [0.25, 0.3) is 0 Å². The van der Waals surface area contributed by atoms with Gasteiger partial charge in [0.1, 0.15) is 0 Å². The number of rotatable bonds is 8. The van der Waals surface area contributed by atoms with Crippen LogP contribution < -0.4 is 16.0 Å². The summed E-state index contributed by atoms with van der Waals surface area (Å²) in [4.78, 5) is 15.8. The molecule has 8 heteroatoms. The SMILES string of the molecule is CCC(C)NC(=O)CCNC(=NC)NCc1cc(C(C)C)no1.I. The number of amides is 1. The molecule has 1 atom stereocenters. The average molecular weight is 451 g/mol. The summed E-state index contributed by atoms with van der Waals surface area (Å²) in [5.41, 5.74) is 0.937. The third kappa shape index (κ3) is 8.51. The number of nitrogens with zero attached hydrogens (tertiary/aromatic N) is 2. The molecule has 138 valence electrons. The maximum atomic E-state index is 11.7. The monoisotopic (exact) mass is 451 g/mol. The van der Waals surface area contributed by atoms with Crippen LogP contribution >= 0.6 is 24.0 Å². The van der Waals surface area contributed by atoms with Crippen LogP contribution in [0.4, 0.5) is 0 Å². The van der Waals surface area contributed by atoms with Crippen LogP contribution in [0, 0.1) is 0 Å². The molecule has 1 heterocycles. The summed E-state index contributed by atoms with van der Waals surface area (Å²) in [5.74, 6) is 1.77. The highest BCUT2D eigenvalue weighted by Crippen LogP contribution is 2.13. The zero-order valence-electron chi connectivity index (χ0n) is 15.2. The van der Waals surface area contributed by atoms with Gasteiger partial charge in [0.25, 0.3) is 0 Å². The summed E-state index contributed by atoms with van der Waals surface area (Å²) in [6.07, 6.45) is 1.34. The molecular formula is C16H30IN5O2. The van der Waals surface area contributed by atoms with E-state index in [2.05, 4.69) is 39.9 Å². The Hall–Kier alpha value is -1.32. The molecular weight excluding hydrogens is 421 g/mol. The number of hydrogen-bond acceptors (Lipinski definition) is 4. The van der Waals surface area contributed by atoms with Gasteiger partial charge in [-0.2, -0.15) is 0 Å². The van der Waals surface area contributed by atoms with Gasteiger partial charge in [-0.15, -0.1) is 24.0 Å². The van der Waals surface area contributed by atoms with E-state index < -0.39 is 0 Å². The Balaban J connectivity index is 0.00000529. The van der Waals surface area contributed by atoms with E-state index in [0.717, 1.165) is 17.9 Å². The van der Waals surface area contributed by atoms with Crippen molar-refractivity contribution in [3.8, 4) is 0 Å².